The van der Waals surface area contributed by atoms with Crippen LogP contribution in [0.2, 0.25) is 0 Å². The van der Waals surface area contributed by atoms with Gasteiger partial charge >= 0.3 is 23.9 Å². The summed E-state index contributed by atoms with van der Waals surface area (Å²) in [6, 6.07) is 0. The highest BCUT2D eigenvalue weighted by Gasteiger charge is 2.02. The summed E-state index contributed by atoms with van der Waals surface area (Å²) >= 11 is 0. The van der Waals surface area contributed by atoms with Gasteiger partial charge in [0.25, 0.3) is 0 Å². The molecule has 32 heavy (non-hydrogen) atoms. The minimum absolute atomic E-state index is 0.0267. The van der Waals surface area contributed by atoms with Crippen LogP contribution < -0.4 is 0 Å². The van der Waals surface area contributed by atoms with E-state index in [0.29, 0.717) is 13.2 Å². The molecule has 0 aliphatic heterocycles. The molecule has 0 radical (unpaired) electrons. The van der Waals surface area contributed by atoms with Crippen molar-refractivity contribution in [2.24, 2.45) is 0 Å². The van der Waals surface area contributed by atoms with Crippen LogP contribution in [0.25, 0.3) is 0 Å². The van der Waals surface area contributed by atoms with Crippen molar-refractivity contribution in [3.63, 3.8) is 0 Å². The zero-order valence-corrected chi connectivity index (χ0v) is 18.9. The molecule has 0 atom stereocenters. The molecule has 0 aromatic rings. The van der Waals surface area contributed by atoms with E-state index in [1.54, 1.807) is 0 Å². The first kappa shape index (κ1) is 29.3. The molecule has 10 nitrogen and oxygen atoms in total. The maximum absolute atomic E-state index is 11.4. The van der Waals surface area contributed by atoms with Crippen molar-refractivity contribution in [3.8, 4) is 0 Å². The first-order chi connectivity index (χ1) is 15.5. The van der Waals surface area contributed by atoms with Gasteiger partial charge in [0, 0.05) is 24.3 Å². The van der Waals surface area contributed by atoms with Gasteiger partial charge in [-0.15, -0.1) is 0 Å². The van der Waals surface area contributed by atoms with Crippen LogP contribution in [-0.4, -0.2) is 76.7 Å². The van der Waals surface area contributed by atoms with Crippen molar-refractivity contribution in [1.82, 2.24) is 0 Å². The molecule has 0 aromatic carbocycles. The SMILES string of the molecule is CCCCOC(=O)/C=C\C(=O)OCCOCCOCCOC(=O)/C=C\C(=O)OCCCC. The second kappa shape index (κ2) is 21.5. The number of rotatable bonds is 19. The number of carbonyl (C=O) groups excluding carboxylic acids is 4. The lowest BCUT2D eigenvalue weighted by atomic mass is 10.4. The van der Waals surface area contributed by atoms with Crippen molar-refractivity contribution in [3.05, 3.63) is 24.3 Å². The Labute approximate surface area is 188 Å². The minimum atomic E-state index is -0.664. The van der Waals surface area contributed by atoms with Gasteiger partial charge in [-0.1, -0.05) is 26.7 Å². The number of esters is 4. The molecule has 0 saturated carbocycles. The van der Waals surface area contributed by atoms with Gasteiger partial charge in [-0.05, 0) is 12.8 Å². The topological polar surface area (TPSA) is 124 Å². The Hall–Kier alpha value is -2.72. The van der Waals surface area contributed by atoms with Crippen LogP contribution in [0.1, 0.15) is 39.5 Å². The molecule has 0 aliphatic carbocycles. The summed E-state index contributed by atoms with van der Waals surface area (Å²) in [5, 5.41) is 0. The molecular formula is C22H34O10. The summed E-state index contributed by atoms with van der Waals surface area (Å²) in [7, 11) is 0. The van der Waals surface area contributed by atoms with Crippen LogP contribution in [-0.2, 0) is 47.6 Å². The van der Waals surface area contributed by atoms with Crippen molar-refractivity contribution in [2.75, 3.05) is 52.9 Å². The molecule has 0 bridgehead atoms. The van der Waals surface area contributed by atoms with Gasteiger partial charge in [0.1, 0.15) is 13.2 Å². The zero-order chi connectivity index (χ0) is 23.9. The Balaban J connectivity index is 3.55. The van der Waals surface area contributed by atoms with E-state index >= 15 is 0 Å². The lowest BCUT2D eigenvalue weighted by Gasteiger charge is -2.06. The highest BCUT2D eigenvalue weighted by molar-refractivity contribution is 5.92. The maximum Gasteiger partial charge on any atom is 0.331 e. The second-order valence-corrected chi connectivity index (χ2v) is 6.27. The maximum atomic E-state index is 11.4. The van der Waals surface area contributed by atoms with E-state index in [9.17, 15) is 19.2 Å². The summed E-state index contributed by atoms with van der Waals surface area (Å²) in [6.07, 6.45) is 7.41. The van der Waals surface area contributed by atoms with E-state index in [2.05, 4.69) is 0 Å². The number of carbonyl (C=O) groups is 4. The third-order valence-corrected chi connectivity index (χ3v) is 3.51. The summed E-state index contributed by atoms with van der Waals surface area (Å²) in [5.74, 6) is -2.50. The Morgan fingerprint density at radius 2 is 0.750 bits per heavy atom. The van der Waals surface area contributed by atoms with Crippen LogP contribution >= 0.6 is 0 Å². The minimum Gasteiger partial charge on any atom is -0.463 e. The van der Waals surface area contributed by atoms with Gasteiger partial charge in [-0.3, -0.25) is 0 Å². The van der Waals surface area contributed by atoms with E-state index in [0.717, 1.165) is 50.0 Å². The van der Waals surface area contributed by atoms with Gasteiger partial charge in [0.05, 0.1) is 39.6 Å². The zero-order valence-electron chi connectivity index (χ0n) is 18.9. The average Bonchev–Trinajstić information content (AvgIpc) is 2.77. The van der Waals surface area contributed by atoms with Crippen molar-refractivity contribution < 1.29 is 47.6 Å². The Kier molecular flexibility index (Phi) is 19.7. The molecule has 0 fully saturated rings. The predicted molar refractivity (Wildman–Crippen MR) is 114 cm³/mol. The quantitative estimate of drug-likeness (QED) is 0.123. The van der Waals surface area contributed by atoms with Gasteiger partial charge in [-0.25, -0.2) is 19.2 Å². The third kappa shape index (κ3) is 20.5. The first-order valence-corrected chi connectivity index (χ1v) is 10.7. The third-order valence-electron chi connectivity index (χ3n) is 3.51. The molecule has 0 unspecified atom stereocenters. The van der Waals surface area contributed by atoms with Crippen LogP contribution in [0.4, 0.5) is 0 Å². The van der Waals surface area contributed by atoms with Crippen molar-refractivity contribution in [1.29, 1.82) is 0 Å². The standard InChI is InChI=1S/C22H34O10/c1-3-5-11-29-19(23)7-9-21(25)31-17-15-27-13-14-28-16-18-32-22(26)10-8-20(24)30-12-6-4-2/h7-10H,3-6,11-18H2,1-2H3/b9-7-,10-8-. The Morgan fingerprint density at radius 3 is 1.06 bits per heavy atom. The predicted octanol–water partition coefficient (Wildman–Crippen LogP) is 1.90. The smallest absolute Gasteiger partial charge is 0.331 e. The fourth-order valence-corrected chi connectivity index (χ4v) is 1.82. The largest absolute Gasteiger partial charge is 0.463 e. The van der Waals surface area contributed by atoms with Gasteiger partial charge < -0.3 is 28.4 Å². The van der Waals surface area contributed by atoms with Crippen LogP contribution in [0, 0.1) is 0 Å². The van der Waals surface area contributed by atoms with Crippen LogP contribution in [0.15, 0.2) is 24.3 Å². The molecule has 0 rings (SSSR count). The van der Waals surface area contributed by atoms with E-state index in [1.807, 2.05) is 13.8 Å². The van der Waals surface area contributed by atoms with E-state index in [1.165, 1.54) is 0 Å². The molecule has 0 saturated heterocycles. The summed E-state index contributed by atoms with van der Waals surface area (Å²) in [6.45, 7) is 5.49. The molecule has 0 spiro atoms. The van der Waals surface area contributed by atoms with Gasteiger partial charge in [0.15, 0.2) is 0 Å². The molecule has 182 valence electrons. The van der Waals surface area contributed by atoms with Crippen LogP contribution in [0.3, 0.4) is 0 Å². The highest BCUT2D eigenvalue weighted by Crippen LogP contribution is 1.92. The number of hydrogen-bond donors (Lipinski definition) is 0. The number of ether oxygens (including phenoxy) is 6. The fourth-order valence-electron chi connectivity index (χ4n) is 1.82. The first-order valence-electron chi connectivity index (χ1n) is 10.7. The monoisotopic (exact) mass is 458 g/mol. The molecular weight excluding hydrogens is 424 g/mol. The van der Waals surface area contributed by atoms with E-state index < -0.39 is 23.9 Å². The molecule has 10 heteroatoms. The van der Waals surface area contributed by atoms with Crippen molar-refractivity contribution in [2.45, 2.75) is 39.5 Å². The molecule has 0 aliphatic rings. The molecule has 0 amide bonds. The normalized spacial score (nSPS) is 10.9. The molecule has 0 N–H and O–H groups in total. The lowest BCUT2D eigenvalue weighted by Crippen LogP contribution is -2.14. The fraction of sp³-hybridized carbons (Fsp3) is 0.636. The molecule has 0 heterocycles. The summed E-state index contributed by atoms with van der Waals surface area (Å²) in [4.78, 5) is 45.4. The Morgan fingerprint density at radius 1 is 0.469 bits per heavy atom. The van der Waals surface area contributed by atoms with Gasteiger partial charge in [0.2, 0.25) is 0 Å². The second-order valence-electron chi connectivity index (χ2n) is 6.27. The summed E-state index contributed by atoms with van der Waals surface area (Å²) < 4.78 is 29.9. The average molecular weight is 459 g/mol. The number of unbranched alkanes of at least 4 members (excludes halogenated alkanes) is 2. The number of hydrogen-bond acceptors (Lipinski definition) is 10. The van der Waals surface area contributed by atoms with Crippen molar-refractivity contribution >= 4 is 23.9 Å². The van der Waals surface area contributed by atoms with Gasteiger partial charge in [-0.2, -0.15) is 0 Å². The lowest BCUT2D eigenvalue weighted by molar-refractivity contribution is -0.142. The van der Waals surface area contributed by atoms with E-state index in [4.69, 9.17) is 28.4 Å². The summed E-state index contributed by atoms with van der Waals surface area (Å²) in [5.41, 5.74) is 0. The van der Waals surface area contributed by atoms with E-state index in [-0.39, 0.29) is 39.6 Å². The molecule has 0 aromatic heterocycles. The van der Waals surface area contributed by atoms with Crippen LogP contribution in [0.5, 0.6) is 0 Å². The highest BCUT2D eigenvalue weighted by atomic mass is 16.6. The Bertz CT molecular complexity index is 546.